The molecule has 1 heterocycles. The average molecular weight is 443 g/mol. The van der Waals surface area contributed by atoms with Gasteiger partial charge < -0.3 is 19.9 Å². The van der Waals surface area contributed by atoms with Crippen LogP contribution in [0.1, 0.15) is 12.0 Å². The molecule has 2 rings (SSSR count). The van der Waals surface area contributed by atoms with Gasteiger partial charge in [0.1, 0.15) is 5.75 Å². The average Bonchev–Trinajstić information content (AvgIpc) is 3.11. The Balaban J connectivity index is 0.00000288. The number of aryl methyl sites for hydroxylation is 1. The van der Waals surface area contributed by atoms with Crippen molar-refractivity contribution in [2.45, 2.75) is 19.4 Å². The second kappa shape index (κ2) is 11.7. The van der Waals surface area contributed by atoms with Gasteiger partial charge in [0.15, 0.2) is 5.96 Å². The van der Waals surface area contributed by atoms with Gasteiger partial charge in [-0.25, -0.2) is 4.98 Å². The molecule has 0 saturated carbocycles. The van der Waals surface area contributed by atoms with Crippen molar-refractivity contribution < 1.29 is 4.74 Å². The Morgan fingerprint density at radius 2 is 1.96 bits per heavy atom. The maximum Gasteiger partial charge on any atom is 0.190 e. The highest BCUT2D eigenvalue weighted by Gasteiger charge is 1.99. The summed E-state index contributed by atoms with van der Waals surface area (Å²) in [4.78, 5) is 8.27. The second-order valence-corrected chi connectivity index (χ2v) is 5.18. The van der Waals surface area contributed by atoms with E-state index in [1.807, 2.05) is 24.7 Å². The molecule has 0 fully saturated rings. The van der Waals surface area contributed by atoms with E-state index in [9.17, 15) is 0 Å². The lowest BCUT2D eigenvalue weighted by Crippen LogP contribution is -2.38. The van der Waals surface area contributed by atoms with Crippen LogP contribution in [0.2, 0.25) is 0 Å². The van der Waals surface area contributed by atoms with Crippen LogP contribution in [0.4, 0.5) is 0 Å². The standard InChI is InChI=1S/C17H25N5O.HI/c1-18-17(20-9-3-12-22-13-11-19-14-22)21-10-8-15-4-6-16(23-2)7-5-15;/h4-7,11,13-14H,3,8-10,12H2,1-2H3,(H2,18,20,21);1H. The minimum Gasteiger partial charge on any atom is -0.497 e. The molecule has 24 heavy (non-hydrogen) atoms. The summed E-state index contributed by atoms with van der Waals surface area (Å²) >= 11 is 0. The number of hydrogen-bond acceptors (Lipinski definition) is 3. The Kier molecular flexibility index (Phi) is 9.90. The molecule has 6 nitrogen and oxygen atoms in total. The number of ether oxygens (including phenoxy) is 1. The largest absolute Gasteiger partial charge is 0.497 e. The van der Waals surface area contributed by atoms with Gasteiger partial charge in [-0.05, 0) is 30.5 Å². The molecular formula is C17H26IN5O. The van der Waals surface area contributed by atoms with Crippen molar-refractivity contribution in [3.05, 3.63) is 48.5 Å². The summed E-state index contributed by atoms with van der Waals surface area (Å²) in [5.41, 5.74) is 1.27. The fraction of sp³-hybridized carbons (Fsp3) is 0.412. The number of guanidine groups is 1. The summed E-state index contributed by atoms with van der Waals surface area (Å²) in [6.45, 7) is 2.67. The number of nitrogens with one attached hydrogen (secondary N) is 2. The van der Waals surface area contributed by atoms with Crippen LogP contribution in [0.15, 0.2) is 48.0 Å². The number of aromatic nitrogens is 2. The van der Waals surface area contributed by atoms with Crippen molar-refractivity contribution in [2.24, 2.45) is 4.99 Å². The quantitative estimate of drug-likeness (QED) is 0.285. The number of halogens is 1. The smallest absolute Gasteiger partial charge is 0.190 e. The minimum atomic E-state index is 0. The molecule has 0 aliphatic carbocycles. The van der Waals surface area contributed by atoms with Crippen LogP contribution in [-0.4, -0.2) is 42.8 Å². The predicted octanol–water partition coefficient (Wildman–Crippen LogP) is 2.31. The van der Waals surface area contributed by atoms with Gasteiger partial charge in [-0.15, -0.1) is 24.0 Å². The lowest BCUT2D eigenvalue weighted by atomic mass is 10.1. The van der Waals surface area contributed by atoms with Crippen molar-refractivity contribution in [1.82, 2.24) is 20.2 Å². The third-order valence-corrected chi connectivity index (χ3v) is 3.53. The van der Waals surface area contributed by atoms with Crippen molar-refractivity contribution >= 4 is 29.9 Å². The molecule has 2 aromatic rings. The zero-order chi connectivity index (χ0) is 16.3. The molecule has 0 spiro atoms. The molecule has 2 N–H and O–H groups in total. The molecule has 0 atom stereocenters. The lowest BCUT2D eigenvalue weighted by Gasteiger charge is -2.12. The number of aliphatic imine (C=N–C) groups is 1. The van der Waals surface area contributed by atoms with Gasteiger partial charge in [0, 0.05) is 39.1 Å². The van der Waals surface area contributed by atoms with E-state index in [0.29, 0.717) is 0 Å². The normalized spacial score (nSPS) is 10.8. The summed E-state index contributed by atoms with van der Waals surface area (Å²) in [6, 6.07) is 8.14. The fourth-order valence-corrected chi connectivity index (χ4v) is 2.23. The highest BCUT2D eigenvalue weighted by atomic mass is 127. The van der Waals surface area contributed by atoms with Gasteiger partial charge >= 0.3 is 0 Å². The predicted molar refractivity (Wildman–Crippen MR) is 108 cm³/mol. The molecule has 0 saturated heterocycles. The van der Waals surface area contributed by atoms with E-state index in [2.05, 4.69) is 37.3 Å². The van der Waals surface area contributed by atoms with E-state index < -0.39 is 0 Å². The Bertz CT molecular complexity index is 584. The third kappa shape index (κ3) is 7.20. The summed E-state index contributed by atoms with van der Waals surface area (Å²) in [5, 5.41) is 6.65. The molecule has 1 aromatic heterocycles. The molecule has 132 valence electrons. The molecule has 7 heteroatoms. The molecule has 0 bridgehead atoms. The first-order chi connectivity index (χ1) is 11.3. The van der Waals surface area contributed by atoms with E-state index in [1.54, 1.807) is 20.4 Å². The van der Waals surface area contributed by atoms with Crippen LogP contribution < -0.4 is 15.4 Å². The van der Waals surface area contributed by atoms with Crippen LogP contribution >= 0.6 is 24.0 Å². The number of nitrogens with zero attached hydrogens (tertiary/aromatic N) is 3. The maximum absolute atomic E-state index is 5.16. The highest BCUT2D eigenvalue weighted by molar-refractivity contribution is 14.0. The lowest BCUT2D eigenvalue weighted by molar-refractivity contribution is 0.414. The SMILES string of the molecule is CN=C(NCCCn1ccnc1)NCCc1ccc(OC)cc1.I. The first kappa shape index (κ1) is 20.3. The van der Waals surface area contributed by atoms with Gasteiger partial charge in [-0.2, -0.15) is 0 Å². The van der Waals surface area contributed by atoms with E-state index in [0.717, 1.165) is 44.2 Å². The molecular weight excluding hydrogens is 417 g/mol. The zero-order valence-corrected chi connectivity index (χ0v) is 16.6. The number of methoxy groups -OCH3 is 1. The topological polar surface area (TPSA) is 63.5 Å². The molecule has 0 aliphatic heterocycles. The number of imidazole rings is 1. The molecule has 0 amide bonds. The zero-order valence-electron chi connectivity index (χ0n) is 14.2. The van der Waals surface area contributed by atoms with Crippen LogP contribution in [0.5, 0.6) is 5.75 Å². The first-order valence-electron chi connectivity index (χ1n) is 7.85. The van der Waals surface area contributed by atoms with Crippen molar-refractivity contribution in [3.63, 3.8) is 0 Å². The monoisotopic (exact) mass is 443 g/mol. The first-order valence-corrected chi connectivity index (χ1v) is 7.85. The summed E-state index contributed by atoms with van der Waals surface area (Å²) in [5.74, 6) is 1.72. The van der Waals surface area contributed by atoms with E-state index in [1.165, 1.54) is 5.56 Å². The number of rotatable bonds is 8. The van der Waals surface area contributed by atoms with E-state index in [4.69, 9.17) is 4.74 Å². The van der Waals surface area contributed by atoms with E-state index >= 15 is 0 Å². The van der Waals surface area contributed by atoms with E-state index in [-0.39, 0.29) is 24.0 Å². The number of hydrogen-bond donors (Lipinski definition) is 2. The Morgan fingerprint density at radius 1 is 1.21 bits per heavy atom. The molecule has 0 aliphatic rings. The summed E-state index contributed by atoms with van der Waals surface area (Å²) in [7, 11) is 3.47. The van der Waals surface area contributed by atoms with Gasteiger partial charge in [-0.1, -0.05) is 12.1 Å². The highest BCUT2D eigenvalue weighted by Crippen LogP contribution is 2.11. The number of benzene rings is 1. The van der Waals surface area contributed by atoms with Crippen molar-refractivity contribution in [2.75, 3.05) is 27.2 Å². The molecule has 0 radical (unpaired) electrons. The van der Waals surface area contributed by atoms with Crippen LogP contribution in [0, 0.1) is 0 Å². The minimum absolute atomic E-state index is 0. The maximum atomic E-state index is 5.16. The molecule has 1 aromatic carbocycles. The van der Waals surface area contributed by atoms with Crippen LogP contribution in [0.3, 0.4) is 0 Å². The van der Waals surface area contributed by atoms with Crippen LogP contribution in [0.25, 0.3) is 0 Å². The Labute approximate surface area is 160 Å². The van der Waals surface area contributed by atoms with Crippen molar-refractivity contribution in [3.8, 4) is 5.75 Å². The summed E-state index contributed by atoms with van der Waals surface area (Å²) in [6.07, 6.45) is 7.58. The Morgan fingerprint density at radius 3 is 2.58 bits per heavy atom. The van der Waals surface area contributed by atoms with Crippen LogP contribution in [-0.2, 0) is 13.0 Å². The third-order valence-electron chi connectivity index (χ3n) is 3.53. The summed E-state index contributed by atoms with van der Waals surface area (Å²) < 4.78 is 7.23. The van der Waals surface area contributed by atoms with Gasteiger partial charge in [-0.3, -0.25) is 4.99 Å². The fourth-order valence-electron chi connectivity index (χ4n) is 2.23. The molecule has 0 unspecified atom stereocenters. The van der Waals surface area contributed by atoms with Gasteiger partial charge in [0.2, 0.25) is 0 Å². The van der Waals surface area contributed by atoms with Gasteiger partial charge in [0.25, 0.3) is 0 Å². The van der Waals surface area contributed by atoms with Gasteiger partial charge in [0.05, 0.1) is 13.4 Å². The van der Waals surface area contributed by atoms with Crippen molar-refractivity contribution in [1.29, 1.82) is 0 Å². The second-order valence-electron chi connectivity index (χ2n) is 5.18. The Hall–Kier alpha value is -1.77.